The molecule has 0 aliphatic heterocycles. The molecule has 2 saturated carbocycles. The first kappa shape index (κ1) is 18.8. The molecule has 27 heavy (non-hydrogen) atoms. The summed E-state index contributed by atoms with van der Waals surface area (Å²) in [6.07, 6.45) is 13.0. The van der Waals surface area contributed by atoms with Gasteiger partial charge in [-0.1, -0.05) is 18.6 Å². The van der Waals surface area contributed by atoms with Crippen LogP contribution in [0.2, 0.25) is 0 Å². The summed E-state index contributed by atoms with van der Waals surface area (Å²) in [6.45, 7) is 3.63. The number of allylic oxidation sites excluding steroid dienone is 3. The van der Waals surface area contributed by atoms with Gasteiger partial charge in [0, 0.05) is 24.1 Å². The van der Waals surface area contributed by atoms with Crippen LogP contribution in [0.5, 0.6) is 0 Å². The Morgan fingerprint density at radius 2 is 2.11 bits per heavy atom. The molecule has 0 heterocycles. The third-order valence-electron chi connectivity index (χ3n) is 7.83. The molecule has 0 aromatic heterocycles. The minimum Gasteiger partial charge on any atom is -0.442 e. The van der Waals surface area contributed by atoms with Crippen LogP contribution in [-0.4, -0.2) is 17.4 Å². The Hall–Kier alpha value is -1.53. The molecule has 4 aliphatic carbocycles. The quantitative estimate of drug-likeness (QED) is 0.389. The zero-order chi connectivity index (χ0) is 19.2. The first-order chi connectivity index (χ1) is 13.0. The predicted octanol–water partition coefficient (Wildman–Crippen LogP) is 4.80. The van der Waals surface area contributed by atoms with Crippen molar-refractivity contribution in [3.8, 4) is 11.3 Å². The number of hydrogen-bond acceptors (Lipinski definition) is 3. The zero-order valence-corrected chi connectivity index (χ0v) is 16.8. The number of ketones is 1. The van der Waals surface area contributed by atoms with Gasteiger partial charge < -0.3 is 4.74 Å². The van der Waals surface area contributed by atoms with Crippen molar-refractivity contribution in [2.24, 2.45) is 29.1 Å². The second-order valence-corrected chi connectivity index (χ2v) is 8.87. The summed E-state index contributed by atoms with van der Waals surface area (Å²) in [5, 5.41) is 2.52. The minimum atomic E-state index is -0.913. The molecule has 3 nitrogen and oxygen atoms in total. The molecule has 144 valence electrons. The van der Waals surface area contributed by atoms with E-state index in [9.17, 15) is 9.59 Å². The zero-order valence-electron chi connectivity index (χ0n) is 16.1. The standard InChI is InChI=1S/C23H27ClO3/c1-3-22-10-8-19-18-7-5-17(26)14-16(18)4-6-20(19)21(22)9-11-23(22,12-13-24)27-15(2)25/h9,11,14,18-21H,3-8,10H2,1-2H3/t18-,19+,20+,21-,22-,23+/m0/s1. The van der Waals surface area contributed by atoms with Crippen LogP contribution in [0, 0.1) is 40.4 Å². The lowest BCUT2D eigenvalue weighted by Crippen LogP contribution is -2.55. The molecule has 0 N–H and O–H groups in total. The van der Waals surface area contributed by atoms with Crippen molar-refractivity contribution < 1.29 is 14.3 Å². The van der Waals surface area contributed by atoms with Gasteiger partial charge in [-0.3, -0.25) is 9.59 Å². The molecule has 2 fully saturated rings. The van der Waals surface area contributed by atoms with Gasteiger partial charge in [0.15, 0.2) is 11.4 Å². The molecule has 0 aromatic carbocycles. The molecule has 4 aliphatic rings. The number of halogens is 1. The molecule has 4 heteroatoms. The molecule has 0 unspecified atom stereocenters. The average molecular weight is 387 g/mol. The lowest BCUT2D eigenvalue weighted by molar-refractivity contribution is -0.166. The van der Waals surface area contributed by atoms with Crippen LogP contribution in [0.4, 0.5) is 0 Å². The first-order valence-electron chi connectivity index (χ1n) is 10.2. The van der Waals surface area contributed by atoms with E-state index in [1.807, 2.05) is 12.2 Å². The van der Waals surface area contributed by atoms with Crippen LogP contribution in [0.15, 0.2) is 23.8 Å². The first-order valence-corrected chi connectivity index (χ1v) is 10.6. The summed E-state index contributed by atoms with van der Waals surface area (Å²) >= 11 is 5.82. The van der Waals surface area contributed by atoms with E-state index in [1.54, 1.807) is 0 Å². The van der Waals surface area contributed by atoms with Crippen molar-refractivity contribution in [1.29, 1.82) is 0 Å². The van der Waals surface area contributed by atoms with Gasteiger partial charge in [-0.25, -0.2) is 0 Å². The maximum absolute atomic E-state index is 11.9. The van der Waals surface area contributed by atoms with E-state index in [4.69, 9.17) is 16.3 Å². The Morgan fingerprint density at radius 3 is 2.81 bits per heavy atom. The van der Waals surface area contributed by atoms with E-state index in [0.29, 0.717) is 35.9 Å². The fourth-order valence-electron chi connectivity index (χ4n) is 6.79. The van der Waals surface area contributed by atoms with Gasteiger partial charge in [0.05, 0.1) is 0 Å². The molecule has 0 aromatic rings. The number of carbonyl (C=O) groups is 2. The SMILES string of the molecule is CC[C@]12CC[C@H]3[C@@H](CCC4=CC(=O)CC[C@@H]43)[C@@H]1C=C[C@]2(C#CCl)OC(C)=O. The fraction of sp³-hybridized carbons (Fsp3) is 0.652. The molecular formula is C23H27ClO3. The Morgan fingerprint density at radius 1 is 1.30 bits per heavy atom. The van der Waals surface area contributed by atoms with Gasteiger partial charge in [0.2, 0.25) is 0 Å². The number of carbonyl (C=O) groups excluding carboxylic acids is 2. The van der Waals surface area contributed by atoms with Gasteiger partial charge in [0.25, 0.3) is 0 Å². The monoisotopic (exact) mass is 386 g/mol. The van der Waals surface area contributed by atoms with E-state index in [1.165, 1.54) is 12.5 Å². The smallest absolute Gasteiger partial charge is 0.304 e. The van der Waals surface area contributed by atoms with Gasteiger partial charge >= 0.3 is 5.97 Å². The highest BCUT2D eigenvalue weighted by atomic mass is 35.5. The van der Waals surface area contributed by atoms with E-state index in [-0.39, 0.29) is 11.4 Å². The highest BCUT2D eigenvalue weighted by Crippen LogP contribution is 2.64. The summed E-state index contributed by atoms with van der Waals surface area (Å²) in [5.41, 5.74) is 0.266. The summed E-state index contributed by atoms with van der Waals surface area (Å²) in [5.74, 6) is 5.12. The second kappa shape index (κ2) is 6.82. The normalized spacial score (nSPS) is 42.2. The van der Waals surface area contributed by atoms with Gasteiger partial charge in [-0.15, -0.1) is 0 Å². The second-order valence-electron chi connectivity index (χ2n) is 8.68. The van der Waals surface area contributed by atoms with E-state index < -0.39 is 5.60 Å². The van der Waals surface area contributed by atoms with Crippen molar-refractivity contribution in [2.75, 3.05) is 0 Å². The molecule has 0 saturated heterocycles. The van der Waals surface area contributed by atoms with Crippen molar-refractivity contribution in [1.82, 2.24) is 0 Å². The Bertz CT molecular complexity index is 785. The predicted molar refractivity (Wildman–Crippen MR) is 105 cm³/mol. The average Bonchev–Trinajstić information content (AvgIpc) is 2.95. The molecule has 0 bridgehead atoms. The molecule has 6 atom stereocenters. The number of ether oxygens (including phenoxy) is 1. The summed E-state index contributed by atoms with van der Waals surface area (Å²) in [7, 11) is 0. The molecule has 0 radical (unpaired) electrons. The highest BCUT2D eigenvalue weighted by Gasteiger charge is 2.63. The maximum atomic E-state index is 11.9. The highest BCUT2D eigenvalue weighted by molar-refractivity contribution is 6.30. The molecule has 0 amide bonds. The summed E-state index contributed by atoms with van der Waals surface area (Å²) in [6, 6.07) is 0. The number of fused-ring (bicyclic) bond motifs is 5. The summed E-state index contributed by atoms with van der Waals surface area (Å²) in [4.78, 5) is 23.8. The third kappa shape index (κ3) is 2.71. The number of rotatable bonds is 2. The molecular weight excluding hydrogens is 360 g/mol. The largest absolute Gasteiger partial charge is 0.442 e. The van der Waals surface area contributed by atoms with Crippen LogP contribution in [0.25, 0.3) is 0 Å². The molecule has 4 rings (SSSR count). The fourth-order valence-corrected chi connectivity index (χ4v) is 6.93. The van der Waals surface area contributed by atoms with E-state index in [2.05, 4.69) is 24.3 Å². The van der Waals surface area contributed by atoms with Crippen molar-refractivity contribution >= 4 is 23.4 Å². The Kier molecular flexibility index (Phi) is 4.75. The lowest BCUT2D eigenvalue weighted by Gasteiger charge is -2.56. The number of esters is 1. The maximum Gasteiger partial charge on any atom is 0.304 e. The minimum absolute atomic E-state index is 0.201. The lowest BCUT2D eigenvalue weighted by atomic mass is 9.49. The van der Waals surface area contributed by atoms with Crippen LogP contribution in [0.1, 0.15) is 58.8 Å². The van der Waals surface area contributed by atoms with Gasteiger partial charge in [-0.05, 0) is 91.9 Å². The van der Waals surface area contributed by atoms with Crippen molar-refractivity contribution in [2.45, 2.75) is 64.4 Å². The van der Waals surface area contributed by atoms with Crippen LogP contribution in [-0.2, 0) is 14.3 Å². The van der Waals surface area contributed by atoms with Crippen molar-refractivity contribution in [3.05, 3.63) is 23.8 Å². The van der Waals surface area contributed by atoms with E-state index >= 15 is 0 Å². The third-order valence-corrected chi connectivity index (χ3v) is 7.92. The Balaban J connectivity index is 1.70. The van der Waals surface area contributed by atoms with Crippen LogP contribution < -0.4 is 0 Å². The topological polar surface area (TPSA) is 43.4 Å². The van der Waals surface area contributed by atoms with Crippen molar-refractivity contribution in [3.63, 3.8) is 0 Å². The van der Waals surface area contributed by atoms with Crippen LogP contribution in [0.3, 0.4) is 0 Å². The molecule has 0 spiro atoms. The number of hydrogen-bond donors (Lipinski definition) is 0. The van der Waals surface area contributed by atoms with E-state index in [0.717, 1.165) is 38.5 Å². The van der Waals surface area contributed by atoms with Crippen LogP contribution >= 0.6 is 11.6 Å². The van der Waals surface area contributed by atoms with Gasteiger partial charge in [0.1, 0.15) is 0 Å². The van der Waals surface area contributed by atoms with Gasteiger partial charge in [-0.2, -0.15) is 0 Å². The Labute approximate surface area is 166 Å². The summed E-state index contributed by atoms with van der Waals surface area (Å²) < 4.78 is 5.86.